The number of furan rings is 1. The van der Waals surface area contributed by atoms with E-state index < -0.39 is 5.91 Å². The number of carbonyl (C=O) groups excluding carboxylic acids is 1. The second-order valence-electron chi connectivity index (χ2n) is 7.96. The summed E-state index contributed by atoms with van der Waals surface area (Å²) >= 11 is 0. The van der Waals surface area contributed by atoms with Crippen LogP contribution in [0.1, 0.15) is 34.5 Å². The molecule has 9 nitrogen and oxygen atoms in total. The minimum absolute atomic E-state index is 0.0250. The van der Waals surface area contributed by atoms with Gasteiger partial charge in [0.25, 0.3) is 11.5 Å². The number of hydrogen-bond donors (Lipinski definition) is 2. The Kier molecular flexibility index (Phi) is 5.10. The quantitative estimate of drug-likeness (QED) is 0.467. The van der Waals surface area contributed by atoms with Gasteiger partial charge in [-0.2, -0.15) is 0 Å². The first-order valence-corrected chi connectivity index (χ1v) is 10.6. The maximum atomic E-state index is 13.3. The second-order valence-corrected chi connectivity index (χ2v) is 7.96. The van der Waals surface area contributed by atoms with Crippen LogP contribution in [0.15, 0.2) is 52.0 Å². The lowest BCUT2D eigenvalue weighted by Gasteiger charge is -2.15. The van der Waals surface area contributed by atoms with Gasteiger partial charge in [0, 0.05) is 19.3 Å². The van der Waals surface area contributed by atoms with Gasteiger partial charge in [-0.3, -0.25) is 19.4 Å². The largest absolute Gasteiger partial charge is 0.467 e. The minimum atomic E-state index is -0.422. The molecule has 4 aromatic heterocycles. The Morgan fingerprint density at radius 3 is 2.94 bits per heavy atom. The molecule has 0 saturated carbocycles. The Morgan fingerprint density at radius 2 is 2.19 bits per heavy atom. The van der Waals surface area contributed by atoms with Gasteiger partial charge >= 0.3 is 0 Å². The van der Waals surface area contributed by atoms with E-state index in [1.54, 1.807) is 35.2 Å². The van der Waals surface area contributed by atoms with E-state index in [0.717, 1.165) is 18.4 Å². The third-order valence-corrected chi connectivity index (χ3v) is 5.79. The number of carbonyl (C=O) groups is 1. The van der Waals surface area contributed by atoms with Gasteiger partial charge < -0.3 is 19.0 Å². The monoisotopic (exact) mass is 433 g/mol. The standard InChI is InChI=1S/C23H23N5O4/c1-14-5-2-8-27-20(14)26-21-18(23(27)30)11-17(22(29)25-12-15-6-3-9-31-15)19(24)28(21)13-16-7-4-10-32-16/h2,4-5,7-8,10-11,15,24H,3,6,9,12-13H2,1H3,(H,25,29)/t15-/m0/s1. The van der Waals surface area contributed by atoms with Gasteiger partial charge in [0.15, 0.2) is 0 Å². The third kappa shape index (κ3) is 3.50. The van der Waals surface area contributed by atoms with E-state index in [-0.39, 0.29) is 34.6 Å². The van der Waals surface area contributed by atoms with E-state index in [0.29, 0.717) is 30.2 Å². The highest BCUT2D eigenvalue weighted by molar-refractivity contribution is 5.96. The Bertz CT molecular complexity index is 1430. The summed E-state index contributed by atoms with van der Waals surface area (Å²) in [4.78, 5) is 31.0. The van der Waals surface area contributed by atoms with Crippen LogP contribution in [0.3, 0.4) is 0 Å². The smallest absolute Gasteiger partial charge is 0.267 e. The molecule has 5 heterocycles. The van der Waals surface area contributed by atoms with Crippen LogP contribution in [-0.4, -0.2) is 39.1 Å². The molecule has 1 fully saturated rings. The van der Waals surface area contributed by atoms with Crippen molar-refractivity contribution in [1.82, 2.24) is 19.3 Å². The summed E-state index contributed by atoms with van der Waals surface area (Å²) in [5, 5.41) is 11.9. The van der Waals surface area contributed by atoms with E-state index in [9.17, 15) is 9.59 Å². The summed E-state index contributed by atoms with van der Waals surface area (Å²) < 4.78 is 14.0. The average molecular weight is 433 g/mol. The number of aryl methyl sites for hydroxylation is 1. The lowest BCUT2D eigenvalue weighted by atomic mass is 10.1. The number of hydrogen-bond acceptors (Lipinski definition) is 6. The summed E-state index contributed by atoms with van der Waals surface area (Å²) in [6.45, 7) is 3.10. The van der Waals surface area contributed by atoms with Gasteiger partial charge in [-0.1, -0.05) is 6.07 Å². The molecule has 5 rings (SSSR count). The Morgan fingerprint density at radius 1 is 1.31 bits per heavy atom. The number of fused-ring (bicyclic) bond motifs is 2. The molecule has 1 amide bonds. The molecule has 1 aliphatic rings. The molecule has 164 valence electrons. The molecule has 32 heavy (non-hydrogen) atoms. The van der Waals surface area contributed by atoms with E-state index in [1.165, 1.54) is 10.5 Å². The van der Waals surface area contributed by atoms with Crippen molar-refractivity contribution in [2.45, 2.75) is 32.4 Å². The van der Waals surface area contributed by atoms with Crippen molar-refractivity contribution in [3.8, 4) is 0 Å². The molecule has 2 N–H and O–H groups in total. The van der Waals surface area contributed by atoms with Gasteiger partial charge in [0.05, 0.1) is 29.9 Å². The van der Waals surface area contributed by atoms with Crippen LogP contribution in [0.5, 0.6) is 0 Å². The number of ether oxygens (including phenoxy) is 1. The van der Waals surface area contributed by atoms with Crippen molar-refractivity contribution >= 4 is 22.6 Å². The molecule has 0 aliphatic carbocycles. The molecule has 1 aliphatic heterocycles. The lowest BCUT2D eigenvalue weighted by Crippen LogP contribution is -2.38. The maximum Gasteiger partial charge on any atom is 0.267 e. The third-order valence-electron chi connectivity index (χ3n) is 5.79. The van der Waals surface area contributed by atoms with Crippen LogP contribution in [0.25, 0.3) is 16.7 Å². The Hall–Kier alpha value is -3.72. The first-order chi connectivity index (χ1) is 15.5. The summed E-state index contributed by atoms with van der Waals surface area (Å²) in [6.07, 6.45) is 5.03. The van der Waals surface area contributed by atoms with Crippen LogP contribution < -0.4 is 16.4 Å². The zero-order valence-electron chi connectivity index (χ0n) is 17.6. The van der Waals surface area contributed by atoms with Crippen molar-refractivity contribution in [2.75, 3.05) is 13.2 Å². The van der Waals surface area contributed by atoms with Crippen molar-refractivity contribution < 1.29 is 13.9 Å². The predicted octanol–water partition coefficient (Wildman–Crippen LogP) is 1.99. The highest BCUT2D eigenvalue weighted by Gasteiger charge is 2.21. The van der Waals surface area contributed by atoms with Gasteiger partial charge in [-0.15, -0.1) is 0 Å². The van der Waals surface area contributed by atoms with E-state index in [1.807, 2.05) is 13.0 Å². The van der Waals surface area contributed by atoms with E-state index >= 15 is 0 Å². The summed E-state index contributed by atoms with van der Waals surface area (Å²) in [7, 11) is 0. The molecular formula is C23H23N5O4. The molecule has 9 heteroatoms. The number of aromatic nitrogens is 3. The lowest BCUT2D eigenvalue weighted by molar-refractivity contribution is 0.0856. The summed E-state index contributed by atoms with van der Waals surface area (Å²) in [5.41, 5.74) is 1.45. The summed E-state index contributed by atoms with van der Waals surface area (Å²) in [6, 6.07) is 8.65. The fourth-order valence-corrected chi connectivity index (χ4v) is 4.09. The maximum absolute atomic E-state index is 13.3. The van der Waals surface area contributed by atoms with Crippen molar-refractivity contribution in [3.63, 3.8) is 0 Å². The van der Waals surface area contributed by atoms with Crippen molar-refractivity contribution in [1.29, 1.82) is 5.41 Å². The normalized spacial score (nSPS) is 16.1. The van der Waals surface area contributed by atoms with Crippen LogP contribution >= 0.6 is 0 Å². The average Bonchev–Trinajstić information content (AvgIpc) is 3.49. The van der Waals surface area contributed by atoms with Crippen LogP contribution in [0.2, 0.25) is 0 Å². The van der Waals surface area contributed by atoms with Crippen molar-refractivity contribution in [3.05, 3.63) is 75.5 Å². The van der Waals surface area contributed by atoms with E-state index in [2.05, 4.69) is 5.32 Å². The number of pyridine rings is 2. The Balaban J connectivity index is 1.69. The zero-order valence-corrected chi connectivity index (χ0v) is 17.6. The molecule has 1 atom stereocenters. The van der Waals surface area contributed by atoms with Crippen LogP contribution in [0, 0.1) is 12.3 Å². The van der Waals surface area contributed by atoms with Gasteiger partial charge in [-0.05, 0) is 49.6 Å². The predicted molar refractivity (Wildman–Crippen MR) is 117 cm³/mol. The molecule has 4 aromatic rings. The highest BCUT2D eigenvalue weighted by Crippen LogP contribution is 2.15. The van der Waals surface area contributed by atoms with Crippen LogP contribution in [-0.2, 0) is 11.3 Å². The minimum Gasteiger partial charge on any atom is -0.467 e. The fraction of sp³-hybridized carbons (Fsp3) is 0.304. The second kappa shape index (κ2) is 8.08. The number of nitrogens with zero attached hydrogens (tertiary/aromatic N) is 3. The van der Waals surface area contributed by atoms with Gasteiger partial charge in [-0.25, -0.2) is 4.98 Å². The van der Waals surface area contributed by atoms with Crippen LogP contribution in [0.4, 0.5) is 0 Å². The molecule has 0 bridgehead atoms. The topological polar surface area (TPSA) is 115 Å². The Labute approximate surface area is 182 Å². The first-order valence-electron chi connectivity index (χ1n) is 10.6. The number of rotatable bonds is 5. The van der Waals surface area contributed by atoms with Gasteiger partial charge in [0.1, 0.15) is 22.5 Å². The number of amides is 1. The molecule has 0 unspecified atom stereocenters. The van der Waals surface area contributed by atoms with E-state index in [4.69, 9.17) is 19.5 Å². The molecule has 0 spiro atoms. The SMILES string of the molecule is Cc1cccn2c(=O)c3cc(C(=O)NC[C@@H]4CCCO4)c(=N)n(Cc4ccco4)c3nc12. The fourth-order valence-electron chi connectivity index (χ4n) is 4.09. The molecule has 0 aromatic carbocycles. The first kappa shape index (κ1) is 20.2. The van der Waals surface area contributed by atoms with Gasteiger partial charge in [0.2, 0.25) is 0 Å². The number of nitrogens with one attached hydrogen (secondary N) is 2. The van der Waals surface area contributed by atoms with Crippen molar-refractivity contribution in [2.24, 2.45) is 0 Å². The highest BCUT2D eigenvalue weighted by atomic mass is 16.5. The molecular weight excluding hydrogens is 410 g/mol. The molecule has 0 radical (unpaired) electrons. The zero-order chi connectivity index (χ0) is 22.2. The summed E-state index contributed by atoms with van der Waals surface area (Å²) in [5.74, 6) is 0.169. The molecule has 1 saturated heterocycles.